The maximum Gasteiger partial charge on any atom is 0.469 e. The number of esters is 1. The summed E-state index contributed by atoms with van der Waals surface area (Å²) in [6.07, 6.45) is 34.8. The normalized spacial score (nSPS) is 30.0. The van der Waals surface area contributed by atoms with Crippen molar-refractivity contribution in [1.82, 2.24) is 0 Å². The molecule has 4 aliphatic rings. The molecular formula is C48H87O7P. The molecule has 4 rings (SSSR count). The molecule has 3 fully saturated rings. The third-order valence-corrected chi connectivity index (χ3v) is 16.0. The van der Waals surface area contributed by atoms with Gasteiger partial charge >= 0.3 is 13.8 Å². The van der Waals surface area contributed by atoms with Gasteiger partial charge in [0, 0.05) is 6.42 Å². The predicted octanol–water partition coefficient (Wildman–Crippen LogP) is 13.7. The number of carbonyl (C=O) groups is 1. The van der Waals surface area contributed by atoms with Crippen LogP contribution in [-0.4, -0.2) is 41.2 Å². The summed E-state index contributed by atoms with van der Waals surface area (Å²) < 4.78 is 28.5. The molecule has 3 saturated carbocycles. The summed E-state index contributed by atoms with van der Waals surface area (Å²) in [4.78, 5) is 31.6. The van der Waals surface area contributed by atoms with Crippen LogP contribution in [0.15, 0.2) is 11.6 Å². The highest BCUT2D eigenvalue weighted by atomic mass is 31.2. The largest absolute Gasteiger partial charge is 0.469 e. The zero-order valence-electron chi connectivity index (χ0n) is 37.1. The number of ether oxygens (including phenoxy) is 2. The summed E-state index contributed by atoms with van der Waals surface area (Å²) in [5.41, 5.74) is 2.24. The maximum atomic E-state index is 12.8. The minimum atomic E-state index is -4.70. The molecule has 7 nitrogen and oxygen atoms in total. The number of phosphoric ester groups is 1. The van der Waals surface area contributed by atoms with Crippen molar-refractivity contribution >= 4 is 13.8 Å². The standard InChI is InChI=1S/C48H87O7P/c1-7-8-9-10-11-12-13-14-15-16-17-18-19-20-21-25-46(49)55-41(36-54-56(50,51)52)35-53-40-30-32-47(5)39(34-40)26-27-42-44-29-28-43(38(4)24-22-23-37(2)3)48(44,6)33-31-45(42)47/h26,37-38,40-45H,7-25,27-36H2,1-6H3,(H2,50,51,52)/t38-,40?,41?,42?,43-,44?,45?,47+,48-/m1/s1. The van der Waals surface area contributed by atoms with Crippen molar-refractivity contribution in [2.45, 2.75) is 227 Å². The second-order valence-corrected chi connectivity index (χ2v) is 21.3. The van der Waals surface area contributed by atoms with Crippen LogP contribution in [0.5, 0.6) is 0 Å². The Hall–Kier alpha value is -0.720. The number of phosphoric acid groups is 1. The van der Waals surface area contributed by atoms with Gasteiger partial charge in [-0.15, -0.1) is 0 Å². The van der Waals surface area contributed by atoms with Crippen LogP contribution in [-0.2, 0) is 23.4 Å². The van der Waals surface area contributed by atoms with Gasteiger partial charge in [-0.25, -0.2) is 4.57 Å². The van der Waals surface area contributed by atoms with Crippen LogP contribution >= 0.6 is 7.82 Å². The van der Waals surface area contributed by atoms with Gasteiger partial charge in [-0.2, -0.15) is 0 Å². The lowest BCUT2D eigenvalue weighted by atomic mass is 9.47. The van der Waals surface area contributed by atoms with E-state index in [-0.39, 0.29) is 30.7 Å². The fraction of sp³-hybridized carbons (Fsp3) is 0.938. The molecule has 0 amide bonds. The molecule has 0 saturated heterocycles. The van der Waals surface area contributed by atoms with Gasteiger partial charge in [0.25, 0.3) is 0 Å². The van der Waals surface area contributed by atoms with E-state index in [1.165, 1.54) is 128 Å². The van der Waals surface area contributed by atoms with Crippen molar-refractivity contribution in [3.63, 3.8) is 0 Å². The van der Waals surface area contributed by atoms with Gasteiger partial charge in [0.2, 0.25) is 0 Å². The fourth-order valence-electron chi connectivity index (χ4n) is 12.2. The molecule has 0 heterocycles. The summed E-state index contributed by atoms with van der Waals surface area (Å²) in [5.74, 6) is 4.50. The average Bonchev–Trinajstić information content (AvgIpc) is 3.51. The lowest BCUT2D eigenvalue weighted by molar-refractivity contribution is -0.156. The van der Waals surface area contributed by atoms with Crippen molar-refractivity contribution in [2.75, 3.05) is 13.2 Å². The minimum Gasteiger partial charge on any atom is -0.457 e. The van der Waals surface area contributed by atoms with E-state index in [0.29, 0.717) is 11.8 Å². The van der Waals surface area contributed by atoms with Crippen LogP contribution in [0.4, 0.5) is 0 Å². The molecule has 326 valence electrons. The topological polar surface area (TPSA) is 102 Å². The van der Waals surface area contributed by atoms with Gasteiger partial charge < -0.3 is 19.3 Å². The molecule has 0 radical (unpaired) electrons. The van der Waals surface area contributed by atoms with Crippen molar-refractivity contribution in [3.05, 3.63) is 11.6 Å². The molecule has 2 N–H and O–H groups in total. The van der Waals surface area contributed by atoms with Gasteiger partial charge in [0.05, 0.1) is 19.3 Å². The zero-order valence-corrected chi connectivity index (χ0v) is 38.0. The van der Waals surface area contributed by atoms with Crippen molar-refractivity contribution in [1.29, 1.82) is 0 Å². The van der Waals surface area contributed by atoms with Crippen LogP contribution < -0.4 is 0 Å². The highest BCUT2D eigenvalue weighted by Gasteiger charge is 2.59. The van der Waals surface area contributed by atoms with E-state index in [4.69, 9.17) is 14.0 Å². The Morgan fingerprint density at radius 1 is 0.786 bits per heavy atom. The molecule has 0 aromatic heterocycles. The van der Waals surface area contributed by atoms with Crippen LogP contribution in [0.25, 0.3) is 0 Å². The summed E-state index contributed by atoms with van der Waals surface area (Å²) >= 11 is 0. The highest BCUT2D eigenvalue weighted by molar-refractivity contribution is 7.46. The first-order valence-corrected chi connectivity index (χ1v) is 25.5. The van der Waals surface area contributed by atoms with Gasteiger partial charge in [-0.3, -0.25) is 9.32 Å². The van der Waals surface area contributed by atoms with Crippen molar-refractivity contribution < 1.29 is 33.1 Å². The average molecular weight is 807 g/mol. The lowest BCUT2D eigenvalue weighted by Gasteiger charge is -2.58. The number of allylic oxidation sites excluding steroid dienone is 1. The molecule has 4 aliphatic carbocycles. The molecule has 56 heavy (non-hydrogen) atoms. The molecule has 9 atom stereocenters. The SMILES string of the molecule is CCCCCCCCCCCCCCCCCC(=O)OC(COC1CC[C@@]2(C)C(=CCC3C2CC[C@@]2(C)C3CC[C@@H]2[C@H](C)CCCC(C)C)C1)COP(=O)(O)O. The third-order valence-electron chi connectivity index (χ3n) is 15.5. The van der Waals surface area contributed by atoms with Crippen LogP contribution in [0.1, 0.15) is 215 Å². The van der Waals surface area contributed by atoms with E-state index < -0.39 is 13.9 Å². The first-order chi connectivity index (χ1) is 26.8. The molecular weight excluding hydrogens is 719 g/mol. The Balaban J connectivity index is 1.17. The van der Waals surface area contributed by atoms with E-state index in [1.54, 1.807) is 5.57 Å². The number of rotatable bonds is 28. The molecule has 0 aromatic rings. The number of carbonyl (C=O) groups excluding carboxylic acids is 1. The number of unbranched alkanes of at least 4 members (excludes halogenated alkanes) is 14. The fourth-order valence-corrected chi connectivity index (χ4v) is 12.6. The van der Waals surface area contributed by atoms with Gasteiger partial charge in [-0.1, -0.05) is 162 Å². The molecule has 0 spiro atoms. The zero-order chi connectivity index (χ0) is 40.6. The van der Waals surface area contributed by atoms with Crippen molar-refractivity contribution in [3.8, 4) is 0 Å². The van der Waals surface area contributed by atoms with Crippen LogP contribution in [0.3, 0.4) is 0 Å². The van der Waals surface area contributed by atoms with E-state index in [2.05, 4.69) is 47.6 Å². The number of fused-ring (bicyclic) bond motifs is 5. The summed E-state index contributed by atoms with van der Waals surface area (Å²) in [6, 6.07) is 0. The third kappa shape index (κ3) is 14.8. The highest BCUT2D eigenvalue weighted by Crippen LogP contribution is 2.67. The summed E-state index contributed by atoms with van der Waals surface area (Å²) in [6.45, 7) is 14.4. The Morgan fingerprint density at radius 2 is 1.41 bits per heavy atom. The smallest absolute Gasteiger partial charge is 0.457 e. The summed E-state index contributed by atoms with van der Waals surface area (Å²) in [5, 5.41) is 0. The van der Waals surface area contributed by atoms with Crippen LogP contribution in [0, 0.1) is 46.3 Å². The molecule has 0 aliphatic heterocycles. The number of hydrogen-bond acceptors (Lipinski definition) is 5. The molecule has 0 aromatic carbocycles. The summed E-state index contributed by atoms with van der Waals surface area (Å²) in [7, 11) is -4.70. The quantitative estimate of drug-likeness (QED) is 0.0351. The Bertz CT molecular complexity index is 1210. The van der Waals surface area contributed by atoms with Gasteiger partial charge in [0.15, 0.2) is 0 Å². The van der Waals surface area contributed by atoms with E-state index in [1.807, 2.05) is 0 Å². The van der Waals surface area contributed by atoms with E-state index in [9.17, 15) is 19.1 Å². The van der Waals surface area contributed by atoms with E-state index >= 15 is 0 Å². The van der Waals surface area contributed by atoms with Gasteiger partial charge in [-0.05, 0) is 104 Å². The Morgan fingerprint density at radius 3 is 2.02 bits per heavy atom. The van der Waals surface area contributed by atoms with Gasteiger partial charge in [0.1, 0.15) is 6.10 Å². The minimum absolute atomic E-state index is 0.00842. The molecule has 0 bridgehead atoms. The maximum absolute atomic E-state index is 12.8. The number of hydrogen-bond donors (Lipinski definition) is 2. The predicted molar refractivity (Wildman–Crippen MR) is 230 cm³/mol. The van der Waals surface area contributed by atoms with E-state index in [0.717, 1.165) is 74.0 Å². The molecule has 8 heteroatoms. The second-order valence-electron chi connectivity index (χ2n) is 20.1. The van der Waals surface area contributed by atoms with Crippen LogP contribution in [0.2, 0.25) is 0 Å². The molecule has 5 unspecified atom stereocenters. The van der Waals surface area contributed by atoms with Crippen molar-refractivity contribution in [2.24, 2.45) is 46.3 Å². The monoisotopic (exact) mass is 807 g/mol. The Kier molecular flexibility index (Phi) is 20.5. The first-order valence-electron chi connectivity index (χ1n) is 24.0. The Labute approximate surface area is 344 Å². The lowest BCUT2D eigenvalue weighted by Crippen LogP contribution is -2.51. The second kappa shape index (κ2) is 23.9. The first kappa shape index (κ1) is 48.0.